The summed E-state index contributed by atoms with van der Waals surface area (Å²) in [6, 6.07) is 15.0. The van der Waals surface area contributed by atoms with Gasteiger partial charge in [-0.15, -0.1) is 0 Å². The fourth-order valence-electron chi connectivity index (χ4n) is 4.43. The van der Waals surface area contributed by atoms with Crippen molar-refractivity contribution >= 4 is 11.8 Å². The summed E-state index contributed by atoms with van der Waals surface area (Å²) in [5.74, 6) is 0.344. The van der Waals surface area contributed by atoms with Crippen molar-refractivity contribution in [1.82, 2.24) is 5.32 Å². The zero-order valence-electron chi connectivity index (χ0n) is 16.6. The van der Waals surface area contributed by atoms with E-state index in [0.29, 0.717) is 35.9 Å². The highest BCUT2D eigenvalue weighted by Gasteiger charge is 2.34. The molecule has 2 aliphatic heterocycles. The molecule has 0 saturated carbocycles. The van der Waals surface area contributed by atoms with Crippen LogP contribution in [0.1, 0.15) is 36.8 Å². The van der Waals surface area contributed by atoms with Gasteiger partial charge in [0.15, 0.2) is 0 Å². The number of hydrogen-bond acceptors (Lipinski definition) is 3. The highest BCUT2D eigenvalue weighted by Crippen LogP contribution is 2.32. The summed E-state index contributed by atoms with van der Waals surface area (Å²) in [5.41, 5.74) is 0.539. The largest absolute Gasteiger partial charge is 0.449 e. The van der Waals surface area contributed by atoms with E-state index in [0.717, 1.165) is 25.0 Å². The first-order chi connectivity index (χ1) is 14.4. The predicted molar refractivity (Wildman–Crippen MR) is 108 cm³/mol. The van der Waals surface area contributed by atoms with Gasteiger partial charge in [0.2, 0.25) is 0 Å². The molecular weight excluding hydrogens is 393 g/mol. The van der Waals surface area contributed by atoms with Crippen LogP contribution in [0, 0.1) is 5.92 Å². The number of nitrogens with zero attached hydrogens (tertiary/aromatic N) is 1. The van der Waals surface area contributed by atoms with Crippen molar-refractivity contribution in [3.63, 3.8) is 0 Å². The number of benzene rings is 2. The Hall–Kier alpha value is -2.54. The molecule has 2 bridgehead atoms. The number of para-hydroxylation sites is 1. The van der Waals surface area contributed by atoms with Crippen LogP contribution in [0.3, 0.4) is 0 Å². The first-order valence-electron chi connectivity index (χ1n) is 10.3. The van der Waals surface area contributed by atoms with Crippen LogP contribution in [0.2, 0.25) is 0 Å². The fourth-order valence-corrected chi connectivity index (χ4v) is 4.43. The van der Waals surface area contributed by atoms with Crippen LogP contribution in [0.15, 0.2) is 54.6 Å². The van der Waals surface area contributed by atoms with E-state index in [2.05, 4.69) is 5.32 Å². The molecule has 0 aliphatic carbocycles. The van der Waals surface area contributed by atoms with Crippen molar-refractivity contribution in [3.05, 3.63) is 65.7 Å². The van der Waals surface area contributed by atoms with E-state index >= 15 is 0 Å². The first-order valence-corrected chi connectivity index (χ1v) is 10.3. The standard InChI is InChI=1S/C23H25F3N2O2/c24-23(25,26)18-8-6-16(7-9-18)14-28(21-4-2-1-3-5-21)22(29)30-15-17-12-19-10-11-20(13-17)27-19/h1-9,17,19-20,27H,10-15H2. The molecule has 0 radical (unpaired) electrons. The minimum atomic E-state index is -4.38. The number of amides is 1. The third-order valence-electron chi connectivity index (χ3n) is 5.92. The van der Waals surface area contributed by atoms with Crippen molar-refractivity contribution in [2.24, 2.45) is 5.92 Å². The lowest BCUT2D eigenvalue weighted by atomic mass is 9.93. The predicted octanol–water partition coefficient (Wildman–Crippen LogP) is 5.38. The van der Waals surface area contributed by atoms with Crippen LogP contribution in [-0.4, -0.2) is 24.8 Å². The second-order valence-electron chi connectivity index (χ2n) is 8.17. The number of carbonyl (C=O) groups excluding carboxylic acids is 1. The molecule has 2 atom stereocenters. The number of carbonyl (C=O) groups is 1. The minimum Gasteiger partial charge on any atom is -0.449 e. The number of alkyl halides is 3. The molecule has 2 aliphatic rings. The van der Waals surface area contributed by atoms with Crippen LogP contribution in [0.25, 0.3) is 0 Å². The maximum absolute atomic E-state index is 12.9. The molecule has 2 aromatic carbocycles. The number of rotatable bonds is 5. The Morgan fingerprint density at radius 2 is 1.63 bits per heavy atom. The Bertz CT molecular complexity index is 843. The molecule has 2 fully saturated rings. The summed E-state index contributed by atoms with van der Waals surface area (Å²) in [6.45, 7) is 0.502. The van der Waals surface area contributed by atoms with Crippen LogP contribution in [0.4, 0.5) is 23.7 Å². The van der Waals surface area contributed by atoms with Gasteiger partial charge in [0.25, 0.3) is 0 Å². The van der Waals surface area contributed by atoms with E-state index in [-0.39, 0.29) is 6.54 Å². The molecule has 2 unspecified atom stereocenters. The number of ether oxygens (including phenoxy) is 1. The third kappa shape index (κ3) is 4.95. The van der Waals surface area contributed by atoms with Crippen molar-refractivity contribution in [2.45, 2.75) is 50.5 Å². The SMILES string of the molecule is O=C(OCC1CC2CCC(C1)N2)N(Cc1ccc(C(F)(F)F)cc1)c1ccccc1. The number of fused-ring (bicyclic) bond motifs is 2. The maximum Gasteiger partial charge on any atom is 0.416 e. The highest BCUT2D eigenvalue weighted by molar-refractivity contribution is 5.87. The number of anilines is 1. The molecule has 30 heavy (non-hydrogen) atoms. The fraction of sp³-hybridized carbons (Fsp3) is 0.435. The molecule has 7 heteroatoms. The van der Waals surface area contributed by atoms with Crippen LogP contribution >= 0.6 is 0 Å². The number of halogens is 3. The van der Waals surface area contributed by atoms with E-state index in [1.54, 1.807) is 12.1 Å². The molecule has 0 spiro atoms. The van der Waals surface area contributed by atoms with E-state index in [1.807, 2.05) is 18.2 Å². The summed E-state index contributed by atoms with van der Waals surface area (Å²) in [7, 11) is 0. The molecule has 2 aromatic rings. The lowest BCUT2D eigenvalue weighted by molar-refractivity contribution is -0.137. The molecule has 160 valence electrons. The molecule has 1 N–H and O–H groups in total. The second-order valence-corrected chi connectivity index (χ2v) is 8.17. The van der Waals surface area contributed by atoms with Gasteiger partial charge in [-0.3, -0.25) is 4.90 Å². The second kappa shape index (κ2) is 8.68. The average molecular weight is 418 g/mol. The average Bonchev–Trinajstić information content (AvgIpc) is 3.08. The summed E-state index contributed by atoms with van der Waals surface area (Å²) in [4.78, 5) is 14.4. The van der Waals surface area contributed by atoms with Crippen LogP contribution in [0.5, 0.6) is 0 Å². The number of nitrogens with one attached hydrogen (secondary N) is 1. The quantitative estimate of drug-likeness (QED) is 0.709. The molecule has 4 rings (SSSR count). The summed E-state index contributed by atoms with van der Waals surface area (Å²) in [5, 5.41) is 3.57. The van der Waals surface area contributed by atoms with Crippen LogP contribution < -0.4 is 10.2 Å². The van der Waals surface area contributed by atoms with Gasteiger partial charge >= 0.3 is 12.3 Å². The van der Waals surface area contributed by atoms with Gasteiger partial charge in [-0.2, -0.15) is 13.2 Å². The molecular formula is C23H25F3N2O2. The third-order valence-corrected chi connectivity index (χ3v) is 5.92. The Labute approximate surface area is 174 Å². The van der Waals surface area contributed by atoms with Gasteiger partial charge in [0, 0.05) is 17.8 Å². The van der Waals surface area contributed by atoms with Crippen molar-refractivity contribution in [1.29, 1.82) is 0 Å². The Balaban J connectivity index is 1.44. The lowest BCUT2D eigenvalue weighted by Gasteiger charge is -2.30. The molecule has 1 amide bonds. The summed E-state index contributed by atoms with van der Waals surface area (Å²) in [6.07, 6.45) is -0.488. The van der Waals surface area contributed by atoms with Gasteiger partial charge in [-0.05, 0) is 61.4 Å². The van der Waals surface area contributed by atoms with E-state index in [4.69, 9.17) is 4.74 Å². The van der Waals surface area contributed by atoms with E-state index < -0.39 is 17.8 Å². The summed E-state index contributed by atoms with van der Waals surface area (Å²) >= 11 is 0. The highest BCUT2D eigenvalue weighted by atomic mass is 19.4. The Kier molecular flexibility index (Phi) is 5.99. The Morgan fingerprint density at radius 1 is 1.00 bits per heavy atom. The van der Waals surface area contributed by atoms with Gasteiger partial charge in [0.1, 0.15) is 0 Å². The van der Waals surface area contributed by atoms with E-state index in [1.165, 1.54) is 29.9 Å². The minimum absolute atomic E-state index is 0.137. The monoisotopic (exact) mass is 418 g/mol. The van der Waals surface area contributed by atoms with Gasteiger partial charge < -0.3 is 10.1 Å². The van der Waals surface area contributed by atoms with Crippen molar-refractivity contribution in [2.75, 3.05) is 11.5 Å². The molecule has 0 aromatic heterocycles. The molecule has 4 nitrogen and oxygen atoms in total. The first kappa shape index (κ1) is 20.7. The van der Waals surface area contributed by atoms with Gasteiger partial charge in [0.05, 0.1) is 18.7 Å². The van der Waals surface area contributed by atoms with Crippen molar-refractivity contribution < 1.29 is 22.7 Å². The lowest BCUT2D eigenvalue weighted by Crippen LogP contribution is -2.40. The zero-order chi connectivity index (χ0) is 21.1. The topological polar surface area (TPSA) is 41.6 Å². The molecule has 2 heterocycles. The number of hydrogen-bond donors (Lipinski definition) is 1. The molecule has 2 saturated heterocycles. The smallest absolute Gasteiger partial charge is 0.416 e. The maximum atomic E-state index is 12.9. The van der Waals surface area contributed by atoms with Crippen LogP contribution in [-0.2, 0) is 17.5 Å². The van der Waals surface area contributed by atoms with E-state index in [9.17, 15) is 18.0 Å². The normalized spacial score (nSPS) is 23.2. The zero-order valence-corrected chi connectivity index (χ0v) is 16.6. The summed E-state index contributed by atoms with van der Waals surface area (Å²) < 4.78 is 44.1. The number of piperidine rings is 1. The van der Waals surface area contributed by atoms with Gasteiger partial charge in [-0.1, -0.05) is 30.3 Å². The Morgan fingerprint density at radius 3 is 2.23 bits per heavy atom. The van der Waals surface area contributed by atoms with Gasteiger partial charge in [-0.25, -0.2) is 4.79 Å². The van der Waals surface area contributed by atoms with Crippen molar-refractivity contribution in [3.8, 4) is 0 Å².